The van der Waals surface area contributed by atoms with Crippen LogP contribution in [0.1, 0.15) is 32.5 Å². The van der Waals surface area contributed by atoms with E-state index in [1.807, 2.05) is 4.57 Å². The van der Waals surface area contributed by atoms with Gasteiger partial charge in [-0.1, -0.05) is 5.16 Å². The van der Waals surface area contributed by atoms with Crippen molar-refractivity contribution in [3.8, 4) is 0 Å². The van der Waals surface area contributed by atoms with Crippen LogP contribution in [0.5, 0.6) is 0 Å². The van der Waals surface area contributed by atoms with E-state index >= 15 is 0 Å². The summed E-state index contributed by atoms with van der Waals surface area (Å²) in [7, 11) is 0. The largest absolute Gasteiger partial charge is 0.364 e. The first kappa shape index (κ1) is 16.9. The van der Waals surface area contributed by atoms with Gasteiger partial charge in [0.15, 0.2) is 0 Å². The van der Waals surface area contributed by atoms with Gasteiger partial charge in [0, 0.05) is 50.7 Å². The quantitative estimate of drug-likeness (QED) is 0.704. The Hall–Kier alpha value is -3.56. The van der Waals surface area contributed by atoms with Crippen molar-refractivity contribution in [1.82, 2.24) is 34.9 Å². The lowest BCUT2D eigenvalue weighted by atomic mass is 10.3. The molecule has 1 N–H and O–H groups in total. The molecule has 4 heterocycles. The van der Waals surface area contributed by atoms with Crippen LogP contribution in [0.15, 0.2) is 41.6 Å². The lowest BCUT2D eigenvalue weighted by Gasteiger charge is -2.19. The summed E-state index contributed by atoms with van der Waals surface area (Å²) in [5, 5.41) is 6.50. The molecule has 0 aromatic carbocycles. The molecule has 0 saturated heterocycles. The number of hydrogen-bond acceptors (Lipinski definition) is 7. The van der Waals surface area contributed by atoms with E-state index in [-0.39, 0.29) is 18.4 Å². The Kier molecular flexibility index (Phi) is 4.60. The van der Waals surface area contributed by atoms with Crippen LogP contribution >= 0.6 is 0 Å². The Morgan fingerprint density at radius 3 is 2.89 bits per heavy atom. The summed E-state index contributed by atoms with van der Waals surface area (Å²) in [4.78, 5) is 38.9. The van der Waals surface area contributed by atoms with Crippen LogP contribution < -0.4 is 5.32 Å². The Morgan fingerprint density at radius 1 is 1.19 bits per heavy atom. The fraction of sp³-hybridized carbons (Fsp3) is 0.294. The van der Waals surface area contributed by atoms with Crippen molar-refractivity contribution >= 4 is 11.8 Å². The summed E-state index contributed by atoms with van der Waals surface area (Å²) in [5.41, 5.74) is 1.31. The number of rotatable bonds is 4. The molecule has 10 nitrogen and oxygen atoms in total. The Bertz CT molecular complexity index is 911. The first-order valence-corrected chi connectivity index (χ1v) is 8.49. The van der Waals surface area contributed by atoms with E-state index in [2.05, 4.69) is 25.4 Å². The molecular formula is C17H17N7O3. The summed E-state index contributed by atoms with van der Waals surface area (Å²) in [5.74, 6) is 0.349. The molecule has 0 aliphatic carbocycles. The maximum Gasteiger partial charge on any atom is 0.274 e. The van der Waals surface area contributed by atoms with E-state index in [4.69, 9.17) is 4.52 Å². The van der Waals surface area contributed by atoms with Gasteiger partial charge in [-0.2, -0.15) is 0 Å². The Labute approximate surface area is 154 Å². The SMILES string of the molecule is O=C(NCc1ccon1)c1cn2c(n1)CCN(C(=O)c1cnccn1)CC2. The monoisotopic (exact) mass is 367 g/mol. The molecule has 27 heavy (non-hydrogen) atoms. The lowest BCUT2D eigenvalue weighted by Crippen LogP contribution is -2.34. The van der Waals surface area contributed by atoms with Gasteiger partial charge in [0.05, 0.1) is 12.7 Å². The smallest absolute Gasteiger partial charge is 0.274 e. The minimum absolute atomic E-state index is 0.153. The molecule has 138 valence electrons. The van der Waals surface area contributed by atoms with Crippen LogP contribution in [0.25, 0.3) is 0 Å². The van der Waals surface area contributed by atoms with Crippen LogP contribution in [0, 0.1) is 0 Å². The lowest BCUT2D eigenvalue weighted by molar-refractivity contribution is 0.0752. The highest BCUT2D eigenvalue weighted by Crippen LogP contribution is 2.12. The van der Waals surface area contributed by atoms with Gasteiger partial charge >= 0.3 is 0 Å². The van der Waals surface area contributed by atoms with E-state index < -0.39 is 0 Å². The summed E-state index contributed by atoms with van der Waals surface area (Å²) in [6, 6.07) is 1.69. The minimum atomic E-state index is -0.272. The van der Waals surface area contributed by atoms with Crippen molar-refractivity contribution in [2.75, 3.05) is 13.1 Å². The highest BCUT2D eigenvalue weighted by atomic mass is 16.5. The topological polar surface area (TPSA) is 119 Å². The second kappa shape index (κ2) is 7.36. The minimum Gasteiger partial charge on any atom is -0.364 e. The third kappa shape index (κ3) is 3.68. The zero-order valence-electron chi connectivity index (χ0n) is 14.4. The van der Waals surface area contributed by atoms with Gasteiger partial charge in [-0.3, -0.25) is 14.6 Å². The fourth-order valence-corrected chi connectivity index (χ4v) is 2.90. The molecule has 0 fully saturated rings. The summed E-state index contributed by atoms with van der Waals surface area (Å²) >= 11 is 0. The highest BCUT2D eigenvalue weighted by molar-refractivity contribution is 5.92. The standard InChI is InChI=1S/C17H17N7O3/c25-16(20-9-12-2-8-27-22-12)14-11-24-7-6-23(5-1-15(24)21-14)17(26)13-10-18-3-4-19-13/h2-4,8,10-11H,1,5-7,9H2,(H,20,25). The molecular weight excluding hydrogens is 350 g/mol. The van der Waals surface area contributed by atoms with Crippen molar-refractivity contribution in [2.24, 2.45) is 0 Å². The van der Waals surface area contributed by atoms with Crippen LogP contribution in [0.4, 0.5) is 0 Å². The molecule has 0 saturated carbocycles. The third-order valence-electron chi connectivity index (χ3n) is 4.30. The molecule has 10 heteroatoms. The zero-order valence-corrected chi connectivity index (χ0v) is 14.4. The zero-order chi connectivity index (χ0) is 18.6. The number of carbonyl (C=O) groups excluding carboxylic acids is 2. The van der Waals surface area contributed by atoms with Crippen molar-refractivity contribution in [1.29, 1.82) is 0 Å². The maximum absolute atomic E-state index is 12.5. The predicted octanol–water partition coefficient (Wildman–Crippen LogP) is 0.290. The van der Waals surface area contributed by atoms with E-state index in [1.165, 1.54) is 24.9 Å². The summed E-state index contributed by atoms with van der Waals surface area (Å²) in [6.45, 7) is 1.86. The molecule has 0 bridgehead atoms. The van der Waals surface area contributed by atoms with E-state index in [0.717, 1.165) is 5.82 Å². The molecule has 3 aromatic heterocycles. The van der Waals surface area contributed by atoms with Gasteiger partial charge in [-0.15, -0.1) is 0 Å². The second-order valence-electron chi connectivity index (χ2n) is 6.04. The van der Waals surface area contributed by atoms with Crippen molar-refractivity contribution < 1.29 is 14.1 Å². The average molecular weight is 367 g/mol. The fourth-order valence-electron chi connectivity index (χ4n) is 2.90. The number of aromatic nitrogens is 5. The molecule has 0 spiro atoms. The maximum atomic E-state index is 12.5. The second-order valence-corrected chi connectivity index (χ2v) is 6.04. The Balaban J connectivity index is 1.39. The molecule has 1 aliphatic rings. The number of carbonyl (C=O) groups is 2. The number of nitrogens with one attached hydrogen (secondary N) is 1. The van der Waals surface area contributed by atoms with Gasteiger partial charge < -0.3 is 19.3 Å². The van der Waals surface area contributed by atoms with Gasteiger partial charge in [-0.25, -0.2) is 9.97 Å². The van der Waals surface area contributed by atoms with Gasteiger partial charge in [0.1, 0.15) is 29.2 Å². The normalized spacial score (nSPS) is 13.7. The summed E-state index contributed by atoms with van der Waals surface area (Å²) in [6.07, 6.45) is 8.22. The Morgan fingerprint density at radius 2 is 2.11 bits per heavy atom. The van der Waals surface area contributed by atoms with Crippen LogP contribution in [-0.2, 0) is 19.5 Å². The number of nitrogens with zero attached hydrogens (tertiary/aromatic N) is 6. The van der Waals surface area contributed by atoms with Gasteiger partial charge in [0.2, 0.25) is 0 Å². The molecule has 0 atom stereocenters. The molecule has 3 aromatic rings. The van der Waals surface area contributed by atoms with E-state index in [1.54, 1.807) is 17.2 Å². The predicted molar refractivity (Wildman–Crippen MR) is 91.5 cm³/mol. The molecule has 2 amide bonds. The van der Waals surface area contributed by atoms with Crippen LogP contribution in [0.2, 0.25) is 0 Å². The number of fused-ring (bicyclic) bond motifs is 1. The molecule has 0 unspecified atom stereocenters. The average Bonchev–Trinajstić information content (AvgIpc) is 3.33. The highest BCUT2D eigenvalue weighted by Gasteiger charge is 2.23. The van der Waals surface area contributed by atoms with Crippen molar-refractivity contribution in [3.63, 3.8) is 0 Å². The number of amides is 2. The third-order valence-corrected chi connectivity index (χ3v) is 4.30. The summed E-state index contributed by atoms with van der Waals surface area (Å²) < 4.78 is 6.64. The van der Waals surface area contributed by atoms with E-state index in [9.17, 15) is 9.59 Å². The number of hydrogen-bond donors (Lipinski definition) is 1. The van der Waals surface area contributed by atoms with Crippen molar-refractivity contribution in [2.45, 2.75) is 19.5 Å². The molecule has 0 radical (unpaired) electrons. The van der Waals surface area contributed by atoms with E-state index in [0.29, 0.717) is 43.1 Å². The first-order chi connectivity index (χ1) is 13.2. The van der Waals surface area contributed by atoms with Crippen molar-refractivity contribution in [3.05, 3.63) is 60.0 Å². The molecule has 1 aliphatic heterocycles. The van der Waals surface area contributed by atoms with Gasteiger partial charge in [-0.05, 0) is 0 Å². The molecule has 4 rings (SSSR count). The van der Waals surface area contributed by atoms with Crippen LogP contribution in [-0.4, -0.2) is 54.5 Å². The van der Waals surface area contributed by atoms with Crippen LogP contribution in [0.3, 0.4) is 0 Å². The van der Waals surface area contributed by atoms with Gasteiger partial charge in [0.25, 0.3) is 11.8 Å². The number of imidazole rings is 1. The first-order valence-electron chi connectivity index (χ1n) is 8.49.